The number of hydrogen-bond donors (Lipinski definition) is 0. The molecule has 0 bridgehead atoms. The van der Waals surface area contributed by atoms with E-state index in [2.05, 4.69) is 119 Å². The van der Waals surface area contributed by atoms with Crippen LogP contribution in [0.15, 0.2) is 48.6 Å². The largest absolute Gasteiger partial charge is 3.00 e. The number of hydrogen-bond acceptors (Lipinski definition) is 0. The second-order valence-corrected chi connectivity index (χ2v) is 18.1. The molecule has 156 valence electrons. The molecule has 0 heterocycles. The predicted octanol–water partition coefficient (Wildman–Crippen LogP) is 6.96. The third-order valence-corrected chi connectivity index (χ3v) is 13.1. The summed E-state index contributed by atoms with van der Waals surface area (Å²) in [6.07, 6.45) is 22.4. The van der Waals surface area contributed by atoms with E-state index in [-0.39, 0.29) is 50.6 Å². The first-order valence-corrected chi connectivity index (χ1v) is 18.7. The molecule has 31 heavy (non-hydrogen) atoms. The molecule has 12 radical (unpaired) electrons. The summed E-state index contributed by atoms with van der Waals surface area (Å²) in [4.78, 5) is 0. The summed E-state index contributed by atoms with van der Waals surface area (Å²) in [5, 5.41) is 0. The topological polar surface area (TPSA) is 14.1 Å². The first kappa shape index (κ1) is 27.9. The molecular weight excluding hydrogens is 499 g/mol. The van der Waals surface area contributed by atoms with Crippen molar-refractivity contribution in [3.05, 3.63) is 113 Å². The minimum atomic E-state index is -1.77. The molecule has 4 aliphatic carbocycles. The van der Waals surface area contributed by atoms with Crippen molar-refractivity contribution >= 4 is 26.0 Å². The molecule has 0 N–H and O–H groups in total. The molecule has 0 aromatic rings. The van der Waals surface area contributed by atoms with Crippen LogP contribution in [0.5, 0.6) is 0 Å². The summed E-state index contributed by atoms with van der Waals surface area (Å²) in [7, 11) is -2.30. The summed E-state index contributed by atoms with van der Waals surface area (Å²) < 4.78 is 4.48. The summed E-state index contributed by atoms with van der Waals surface area (Å²) in [5.74, 6) is 8.57. The standard InChI is InChI=1S/C22H22Si.C4H12NSi2.Y/c1-15-13-17-9-5-7-11-19(17)21(15)23(3,4)22-16(2)14-18-10-6-8-12-20(18)22;1-6(2)5-7(3)4;/h5-14H,1-4H3;1-4H3;/q;-1;+3. The van der Waals surface area contributed by atoms with E-state index in [1.54, 1.807) is 11.1 Å². The first-order chi connectivity index (χ1) is 14.1. The molecule has 2 fully saturated rings. The van der Waals surface area contributed by atoms with Crippen LogP contribution < -0.4 is 0 Å². The van der Waals surface area contributed by atoms with Crippen molar-refractivity contribution in [2.45, 2.75) is 53.1 Å². The molecule has 0 atom stereocenters. The molecule has 0 unspecified atom stereocenters. The first-order valence-electron chi connectivity index (χ1n) is 10.8. The van der Waals surface area contributed by atoms with E-state index >= 15 is 0 Å². The maximum absolute atomic E-state index is 4.48. The van der Waals surface area contributed by atoms with E-state index in [0.717, 1.165) is 0 Å². The van der Waals surface area contributed by atoms with Gasteiger partial charge in [0, 0.05) is 23.7 Å². The zero-order chi connectivity index (χ0) is 22.1. The fourth-order valence-corrected chi connectivity index (χ4v) is 12.7. The van der Waals surface area contributed by atoms with Crippen LogP contribution in [0.2, 0.25) is 39.3 Å². The van der Waals surface area contributed by atoms with Crippen LogP contribution in [0.4, 0.5) is 0 Å². The Morgan fingerprint density at radius 1 is 0.645 bits per heavy atom. The van der Waals surface area contributed by atoms with Gasteiger partial charge in [0.1, 0.15) is 0 Å². The van der Waals surface area contributed by atoms with E-state index < -0.39 is 8.07 Å². The van der Waals surface area contributed by atoms with Gasteiger partial charge >= 0.3 is 32.7 Å². The summed E-state index contributed by atoms with van der Waals surface area (Å²) >= 11 is 0. The van der Waals surface area contributed by atoms with Gasteiger partial charge in [-0.2, -0.15) is 0 Å². The fourth-order valence-electron chi connectivity index (χ4n) is 4.97. The molecule has 2 saturated carbocycles. The van der Waals surface area contributed by atoms with Gasteiger partial charge in [0.25, 0.3) is 0 Å². The van der Waals surface area contributed by atoms with E-state index in [1.165, 1.54) is 35.5 Å². The zero-order valence-corrected chi connectivity index (χ0v) is 26.1. The second kappa shape index (κ2) is 11.9. The monoisotopic (exact) mass is 533 g/mol. The Labute approximate surface area is 223 Å². The number of nitrogens with zero attached hydrogens (tertiary/aromatic N) is 1. The molecule has 0 aromatic heterocycles. The van der Waals surface area contributed by atoms with Crippen molar-refractivity contribution in [2.75, 3.05) is 0 Å². The van der Waals surface area contributed by atoms with Gasteiger partial charge in [0.15, 0.2) is 0 Å². The molecular formula is C26H34NSi3Y+2. The van der Waals surface area contributed by atoms with E-state index in [9.17, 15) is 0 Å². The number of rotatable bonds is 4. The third-order valence-electron chi connectivity index (χ3n) is 5.69. The van der Waals surface area contributed by atoms with Crippen molar-refractivity contribution in [2.24, 2.45) is 0 Å². The van der Waals surface area contributed by atoms with Gasteiger partial charge in [-0.1, -0.05) is 120 Å². The smallest absolute Gasteiger partial charge is 0.673 e. The fraction of sp³-hybridized carbons (Fsp3) is 0.308. The van der Waals surface area contributed by atoms with Gasteiger partial charge in [0.05, 0.1) is 8.07 Å². The average molecular weight is 534 g/mol. The van der Waals surface area contributed by atoms with Gasteiger partial charge in [-0.3, -0.25) is 0 Å². The maximum atomic E-state index is 4.48. The van der Waals surface area contributed by atoms with Gasteiger partial charge in [-0.05, 0) is 35.8 Å². The average Bonchev–Trinajstić information content (AvgIpc) is 3.16. The Kier molecular flexibility index (Phi) is 10.7. The minimum absolute atomic E-state index is 0. The molecule has 0 amide bonds. The third kappa shape index (κ3) is 6.42. The Morgan fingerprint density at radius 3 is 1.32 bits per heavy atom. The summed E-state index contributed by atoms with van der Waals surface area (Å²) in [6.45, 7) is 18.5. The molecule has 0 aliphatic heterocycles. The van der Waals surface area contributed by atoms with Crippen LogP contribution in [0.25, 0.3) is 4.65 Å². The summed E-state index contributed by atoms with van der Waals surface area (Å²) in [6, 6.07) is 0. The van der Waals surface area contributed by atoms with Crippen LogP contribution in [0.3, 0.4) is 0 Å². The Morgan fingerprint density at radius 2 is 1.00 bits per heavy atom. The van der Waals surface area contributed by atoms with Crippen LogP contribution in [-0.4, -0.2) is 26.0 Å². The zero-order valence-electron chi connectivity index (χ0n) is 20.3. The van der Waals surface area contributed by atoms with Gasteiger partial charge in [-0.25, -0.2) is 0 Å². The van der Waals surface area contributed by atoms with E-state index in [1.807, 2.05) is 0 Å². The second-order valence-electron chi connectivity index (χ2n) is 9.21. The number of fused-ring (bicyclic) bond motifs is 2. The van der Waals surface area contributed by atoms with Crippen molar-refractivity contribution < 1.29 is 32.7 Å². The molecule has 1 nitrogen and oxygen atoms in total. The summed E-state index contributed by atoms with van der Waals surface area (Å²) in [5.41, 5.74) is 3.21. The van der Waals surface area contributed by atoms with Gasteiger partial charge in [0.2, 0.25) is 0 Å². The van der Waals surface area contributed by atoms with Crippen molar-refractivity contribution in [1.82, 2.24) is 0 Å². The molecule has 0 aromatic carbocycles. The number of allylic oxidation sites excluding steroid dienone is 8. The maximum Gasteiger partial charge on any atom is 3.00 e. The van der Waals surface area contributed by atoms with Gasteiger partial charge in [-0.15, -0.1) is 0 Å². The van der Waals surface area contributed by atoms with Crippen LogP contribution in [-0.2, 0) is 32.7 Å². The normalized spacial score (nSPS) is 24.1. The Balaban J connectivity index is 0.000000373. The van der Waals surface area contributed by atoms with Gasteiger partial charge < -0.3 is 4.65 Å². The minimum Gasteiger partial charge on any atom is -0.673 e. The van der Waals surface area contributed by atoms with E-state index in [0.29, 0.717) is 0 Å². The van der Waals surface area contributed by atoms with E-state index in [4.69, 9.17) is 0 Å². The van der Waals surface area contributed by atoms with Crippen LogP contribution in [0, 0.1) is 59.4 Å². The SMILES string of the molecule is C[C]1[CH][C]2C=CC=C[C]2[C]1[Si](C)(C)[C]1[C](C)[CH][C]2C=CC=C[C]21.C[Si](C)[N-][Si](C)C.[Y+3]. The molecule has 5 heteroatoms. The van der Waals surface area contributed by atoms with Crippen molar-refractivity contribution in [3.8, 4) is 0 Å². The Bertz CT molecular complexity index is 641. The predicted molar refractivity (Wildman–Crippen MR) is 138 cm³/mol. The van der Waals surface area contributed by atoms with Crippen LogP contribution >= 0.6 is 0 Å². The molecule has 4 aliphatic rings. The van der Waals surface area contributed by atoms with Crippen molar-refractivity contribution in [1.29, 1.82) is 0 Å². The molecule has 0 spiro atoms. The van der Waals surface area contributed by atoms with Crippen molar-refractivity contribution in [3.63, 3.8) is 0 Å². The molecule has 4 rings (SSSR count). The quantitative estimate of drug-likeness (QED) is 0.347. The Hall–Kier alpha value is 0.675. The van der Waals surface area contributed by atoms with Crippen LogP contribution in [0.1, 0.15) is 13.8 Å². The molecule has 0 saturated heterocycles.